The van der Waals surface area contributed by atoms with Crippen LogP contribution in [0.3, 0.4) is 0 Å². The fourth-order valence-electron chi connectivity index (χ4n) is 4.17. The molecule has 2 aromatic carbocycles. The second-order valence-electron chi connectivity index (χ2n) is 7.68. The van der Waals surface area contributed by atoms with Crippen LogP contribution < -0.4 is 10.6 Å². The highest BCUT2D eigenvalue weighted by molar-refractivity contribution is 5.97. The van der Waals surface area contributed by atoms with Crippen LogP contribution in [0.5, 0.6) is 0 Å². The van der Waals surface area contributed by atoms with E-state index in [-0.39, 0.29) is 0 Å². The Kier molecular flexibility index (Phi) is 4.45. The smallest absolute Gasteiger partial charge is 0.0966 e. The molecule has 5 heteroatoms. The van der Waals surface area contributed by atoms with E-state index in [0.29, 0.717) is 6.04 Å². The van der Waals surface area contributed by atoms with E-state index in [1.807, 2.05) is 0 Å². The van der Waals surface area contributed by atoms with Gasteiger partial charge >= 0.3 is 0 Å². The van der Waals surface area contributed by atoms with E-state index in [0.717, 1.165) is 35.4 Å². The molecule has 1 aliphatic heterocycles. The molecule has 1 fully saturated rings. The topological polar surface area (TPSA) is 54.8 Å². The summed E-state index contributed by atoms with van der Waals surface area (Å²) in [6, 6.07) is 13.6. The van der Waals surface area contributed by atoms with Gasteiger partial charge in [-0.2, -0.15) is 0 Å². The molecule has 0 radical (unpaired) electrons. The van der Waals surface area contributed by atoms with Crippen molar-refractivity contribution in [3.05, 3.63) is 55.0 Å². The molecule has 2 aromatic heterocycles. The Morgan fingerprint density at radius 1 is 1.11 bits per heavy atom. The lowest BCUT2D eigenvalue weighted by Crippen LogP contribution is -2.39. The average Bonchev–Trinajstić information content (AvgIpc) is 3.12. The molecule has 0 saturated carbocycles. The van der Waals surface area contributed by atoms with Gasteiger partial charge < -0.3 is 15.2 Å². The Balaban J connectivity index is 1.55. The minimum Gasteiger partial charge on any atom is -0.383 e. The van der Waals surface area contributed by atoms with Crippen LogP contribution in [0.15, 0.2) is 55.0 Å². The van der Waals surface area contributed by atoms with Crippen molar-refractivity contribution in [3.63, 3.8) is 0 Å². The first-order valence-electron chi connectivity index (χ1n) is 10.1. The van der Waals surface area contributed by atoms with Gasteiger partial charge in [0.2, 0.25) is 0 Å². The van der Waals surface area contributed by atoms with Crippen molar-refractivity contribution in [2.75, 3.05) is 18.4 Å². The lowest BCUT2D eigenvalue weighted by Gasteiger charge is -2.24. The minimum absolute atomic E-state index is 0.537. The normalized spacial score (nSPS) is 17.2. The van der Waals surface area contributed by atoms with Crippen molar-refractivity contribution in [1.82, 2.24) is 19.9 Å². The molecule has 0 bridgehead atoms. The predicted octanol–water partition coefficient (Wildman–Crippen LogP) is 4.34. The number of anilines is 1. The zero-order chi connectivity index (χ0) is 18.9. The van der Waals surface area contributed by atoms with Crippen LogP contribution in [0.4, 0.5) is 5.69 Å². The largest absolute Gasteiger partial charge is 0.383 e. The molecule has 0 aliphatic carbocycles. The van der Waals surface area contributed by atoms with E-state index >= 15 is 0 Å². The number of aryl methyl sites for hydroxylation is 1. The summed E-state index contributed by atoms with van der Waals surface area (Å²) in [5.74, 6) is 0. The quantitative estimate of drug-likeness (QED) is 0.560. The van der Waals surface area contributed by atoms with Gasteiger partial charge in [0.15, 0.2) is 0 Å². The summed E-state index contributed by atoms with van der Waals surface area (Å²) in [7, 11) is 2.08. The number of hydrogen-bond donors (Lipinski definition) is 2. The van der Waals surface area contributed by atoms with E-state index in [2.05, 4.69) is 74.8 Å². The number of hydrogen-bond acceptors (Lipinski definition) is 4. The summed E-state index contributed by atoms with van der Waals surface area (Å²) in [5.41, 5.74) is 6.47. The molecule has 1 saturated heterocycles. The summed E-state index contributed by atoms with van der Waals surface area (Å²) in [5, 5.41) is 8.48. The molecule has 1 aliphatic rings. The zero-order valence-electron chi connectivity index (χ0n) is 16.2. The number of benzene rings is 2. The maximum atomic E-state index is 4.63. The number of fused-ring (bicyclic) bond motifs is 2. The molecule has 1 unspecified atom stereocenters. The molecule has 0 amide bonds. The van der Waals surface area contributed by atoms with Gasteiger partial charge in [-0.25, -0.2) is 0 Å². The predicted molar refractivity (Wildman–Crippen MR) is 116 cm³/mol. The van der Waals surface area contributed by atoms with Gasteiger partial charge in [-0.3, -0.25) is 9.97 Å². The Morgan fingerprint density at radius 3 is 2.93 bits per heavy atom. The Bertz CT molecular complexity index is 1120. The first-order valence-corrected chi connectivity index (χ1v) is 10.1. The van der Waals surface area contributed by atoms with Gasteiger partial charge in [-0.15, -0.1) is 0 Å². The van der Waals surface area contributed by atoms with Crippen molar-refractivity contribution in [2.45, 2.75) is 25.3 Å². The summed E-state index contributed by atoms with van der Waals surface area (Å²) in [6.07, 6.45) is 9.46. The van der Waals surface area contributed by atoms with Crippen molar-refractivity contribution in [2.24, 2.45) is 7.05 Å². The molecule has 3 heterocycles. The summed E-state index contributed by atoms with van der Waals surface area (Å²) in [4.78, 5) is 9.20. The van der Waals surface area contributed by atoms with E-state index in [1.165, 1.54) is 35.7 Å². The average molecular weight is 371 g/mol. The van der Waals surface area contributed by atoms with Crippen molar-refractivity contribution >= 4 is 27.6 Å². The highest BCUT2D eigenvalue weighted by atomic mass is 15.0. The van der Waals surface area contributed by atoms with Gasteiger partial charge in [0, 0.05) is 55.0 Å². The van der Waals surface area contributed by atoms with Gasteiger partial charge in [0.1, 0.15) is 0 Å². The maximum absolute atomic E-state index is 4.63. The first kappa shape index (κ1) is 17.2. The monoisotopic (exact) mass is 371 g/mol. The number of rotatable bonds is 4. The number of nitrogens with zero attached hydrogens (tertiary/aromatic N) is 3. The van der Waals surface area contributed by atoms with Crippen molar-refractivity contribution in [3.8, 4) is 11.1 Å². The van der Waals surface area contributed by atoms with Crippen molar-refractivity contribution in [1.29, 1.82) is 0 Å². The van der Waals surface area contributed by atoms with Crippen LogP contribution in [0.1, 0.15) is 19.3 Å². The van der Waals surface area contributed by atoms with Crippen LogP contribution in [0.25, 0.3) is 33.1 Å². The van der Waals surface area contributed by atoms with Gasteiger partial charge in [-0.1, -0.05) is 18.6 Å². The summed E-state index contributed by atoms with van der Waals surface area (Å²) < 4.78 is 2.16. The standard InChI is InChI=1S/C23H25N5/c1-28-11-7-16-5-6-17(12-22(16)28)20-13-19(14-21-23(20)26-10-9-25-21)27-15-18-4-2-3-8-24-18/h5-7,9-14,18,24,27H,2-4,8,15H2,1H3. The SMILES string of the molecule is Cn1ccc2ccc(-c3cc(NCC4CCCCN4)cc4nccnc34)cc21. The van der Waals surface area contributed by atoms with Gasteiger partial charge in [-0.05, 0) is 54.6 Å². The molecule has 5 nitrogen and oxygen atoms in total. The Morgan fingerprint density at radius 2 is 2.04 bits per heavy atom. The lowest BCUT2D eigenvalue weighted by molar-refractivity contribution is 0.414. The van der Waals surface area contributed by atoms with Gasteiger partial charge in [0.05, 0.1) is 11.0 Å². The van der Waals surface area contributed by atoms with E-state index < -0.39 is 0 Å². The second kappa shape index (κ2) is 7.24. The fourth-order valence-corrected chi connectivity index (χ4v) is 4.17. The molecule has 28 heavy (non-hydrogen) atoms. The third-order valence-electron chi connectivity index (χ3n) is 5.74. The molecule has 1 atom stereocenters. The van der Waals surface area contributed by atoms with Crippen molar-refractivity contribution < 1.29 is 0 Å². The van der Waals surface area contributed by atoms with Gasteiger partial charge in [0.25, 0.3) is 0 Å². The van der Waals surface area contributed by atoms with Crippen LogP contribution in [-0.4, -0.2) is 33.7 Å². The summed E-state index contributed by atoms with van der Waals surface area (Å²) in [6.45, 7) is 2.06. The molecule has 2 N–H and O–H groups in total. The van der Waals surface area contributed by atoms with Crippen LogP contribution in [-0.2, 0) is 7.05 Å². The van der Waals surface area contributed by atoms with E-state index in [4.69, 9.17) is 0 Å². The molecule has 5 rings (SSSR count). The molecular weight excluding hydrogens is 346 g/mol. The highest BCUT2D eigenvalue weighted by Crippen LogP contribution is 2.32. The third-order valence-corrected chi connectivity index (χ3v) is 5.74. The van der Waals surface area contributed by atoms with E-state index in [1.54, 1.807) is 12.4 Å². The number of aromatic nitrogens is 3. The number of nitrogens with one attached hydrogen (secondary N) is 2. The number of piperidine rings is 1. The molecule has 4 aromatic rings. The van der Waals surface area contributed by atoms with Crippen LogP contribution in [0.2, 0.25) is 0 Å². The summed E-state index contributed by atoms with van der Waals surface area (Å²) >= 11 is 0. The second-order valence-corrected chi connectivity index (χ2v) is 7.68. The molecule has 0 spiro atoms. The van der Waals surface area contributed by atoms with Crippen LogP contribution >= 0.6 is 0 Å². The highest BCUT2D eigenvalue weighted by Gasteiger charge is 2.14. The van der Waals surface area contributed by atoms with E-state index in [9.17, 15) is 0 Å². The molecular formula is C23H25N5. The molecule has 142 valence electrons. The Labute approximate surface area is 164 Å². The third kappa shape index (κ3) is 3.22. The maximum Gasteiger partial charge on any atom is 0.0966 e. The Hall–Kier alpha value is -2.92. The minimum atomic E-state index is 0.537. The fraction of sp³-hybridized carbons (Fsp3) is 0.304. The zero-order valence-corrected chi connectivity index (χ0v) is 16.2. The van der Waals surface area contributed by atoms with Crippen LogP contribution in [0, 0.1) is 0 Å². The first-order chi connectivity index (χ1) is 13.8. The lowest BCUT2D eigenvalue weighted by atomic mass is 10.0.